The molecule has 0 aliphatic carbocycles. The van der Waals surface area contributed by atoms with Crippen LogP contribution in [0, 0.1) is 6.92 Å². The first-order valence-corrected chi connectivity index (χ1v) is 6.48. The SMILES string of the molecule is Cc1cc(N2C(=O)C=C(F)N3C(=O)CNN=C32)ccc1Cl. The topological polar surface area (TPSA) is 65.0 Å². The van der Waals surface area contributed by atoms with E-state index in [1.54, 1.807) is 25.1 Å². The highest BCUT2D eigenvalue weighted by atomic mass is 35.5. The molecule has 1 aromatic rings. The maximum Gasteiger partial charge on any atom is 0.262 e. The van der Waals surface area contributed by atoms with E-state index in [9.17, 15) is 14.0 Å². The molecular weight excluding hydrogens is 299 g/mol. The Morgan fingerprint density at radius 1 is 1.33 bits per heavy atom. The number of aryl methyl sites for hydroxylation is 1. The van der Waals surface area contributed by atoms with Crippen molar-refractivity contribution < 1.29 is 14.0 Å². The van der Waals surface area contributed by atoms with Crippen molar-refractivity contribution in [3.63, 3.8) is 0 Å². The second-order valence-corrected chi connectivity index (χ2v) is 4.96. The van der Waals surface area contributed by atoms with Crippen LogP contribution in [-0.4, -0.2) is 29.2 Å². The first-order valence-electron chi connectivity index (χ1n) is 6.10. The van der Waals surface area contributed by atoms with Gasteiger partial charge < -0.3 is 0 Å². The Hall–Kier alpha value is -2.41. The van der Waals surface area contributed by atoms with Crippen molar-refractivity contribution in [2.24, 2.45) is 5.10 Å². The first kappa shape index (κ1) is 13.6. The molecule has 108 valence electrons. The lowest BCUT2D eigenvalue weighted by Crippen LogP contribution is -2.57. The summed E-state index contributed by atoms with van der Waals surface area (Å²) in [5.74, 6) is -2.21. The monoisotopic (exact) mass is 308 g/mol. The molecule has 0 saturated heterocycles. The molecule has 2 aliphatic rings. The van der Waals surface area contributed by atoms with Gasteiger partial charge in [-0.05, 0) is 30.7 Å². The van der Waals surface area contributed by atoms with Gasteiger partial charge in [0.2, 0.25) is 11.9 Å². The number of hydrogen-bond donors (Lipinski definition) is 1. The summed E-state index contributed by atoms with van der Waals surface area (Å²) in [6.07, 6.45) is 0.756. The highest BCUT2D eigenvalue weighted by Gasteiger charge is 2.38. The number of rotatable bonds is 1. The van der Waals surface area contributed by atoms with Gasteiger partial charge in [-0.25, -0.2) is 9.80 Å². The van der Waals surface area contributed by atoms with Crippen LogP contribution in [0.1, 0.15) is 5.56 Å². The van der Waals surface area contributed by atoms with E-state index in [1.165, 1.54) is 0 Å². The van der Waals surface area contributed by atoms with Gasteiger partial charge >= 0.3 is 0 Å². The minimum atomic E-state index is -0.938. The second kappa shape index (κ2) is 4.85. The van der Waals surface area contributed by atoms with Crippen LogP contribution < -0.4 is 10.3 Å². The number of nitrogens with one attached hydrogen (secondary N) is 1. The summed E-state index contributed by atoms with van der Waals surface area (Å²) in [6, 6.07) is 4.89. The number of hydrogen-bond acceptors (Lipinski definition) is 4. The summed E-state index contributed by atoms with van der Waals surface area (Å²) >= 11 is 5.96. The van der Waals surface area contributed by atoms with Crippen LogP contribution in [0.25, 0.3) is 0 Å². The fourth-order valence-electron chi connectivity index (χ4n) is 2.12. The molecule has 1 N–H and O–H groups in total. The minimum absolute atomic E-state index is 0.113. The number of carbonyl (C=O) groups is 2. The number of hydrazone groups is 1. The van der Waals surface area contributed by atoms with Crippen molar-refractivity contribution in [1.29, 1.82) is 0 Å². The molecule has 0 atom stereocenters. The van der Waals surface area contributed by atoms with Crippen LogP contribution in [0.5, 0.6) is 0 Å². The molecule has 0 saturated carbocycles. The van der Waals surface area contributed by atoms with Gasteiger partial charge in [0.25, 0.3) is 11.8 Å². The molecule has 0 spiro atoms. The van der Waals surface area contributed by atoms with E-state index < -0.39 is 17.8 Å². The van der Waals surface area contributed by atoms with Gasteiger partial charge in [-0.15, -0.1) is 5.10 Å². The molecule has 2 aliphatic heterocycles. The normalized spacial score (nSPS) is 18.0. The Morgan fingerprint density at radius 2 is 2.10 bits per heavy atom. The minimum Gasteiger partial charge on any atom is -0.297 e. The molecule has 21 heavy (non-hydrogen) atoms. The van der Waals surface area contributed by atoms with E-state index in [2.05, 4.69) is 10.5 Å². The molecule has 1 aromatic carbocycles. The number of amides is 2. The molecular formula is C13H10ClFN4O2. The number of fused-ring (bicyclic) bond motifs is 1. The molecule has 6 nitrogen and oxygen atoms in total. The summed E-state index contributed by atoms with van der Waals surface area (Å²) in [6.45, 7) is 1.65. The summed E-state index contributed by atoms with van der Waals surface area (Å²) in [7, 11) is 0. The van der Waals surface area contributed by atoms with Crippen molar-refractivity contribution in [3.05, 3.63) is 40.8 Å². The van der Waals surface area contributed by atoms with E-state index >= 15 is 0 Å². The van der Waals surface area contributed by atoms with Gasteiger partial charge in [0, 0.05) is 5.02 Å². The first-order chi connectivity index (χ1) is 9.99. The van der Waals surface area contributed by atoms with Crippen LogP contribution in [0.2, 0.25) is 5.02 Å². The lowest BCUT2D eigenvalue weighted by Gasteiger charge is -2.35. The number of carbonyl (C=O) groups excluding carboxylic acids is 2. The Balaban J connectivity index is 2.12. The number of anilines is 1. The zero-order valence-electron chi connectivity index (χ0n) is 10.9. The van der Waals surface area contributed by atoms with E-state index in [0.717, 1.165) is 21.4 Å². The zero-order chi connectivity index (χ0) is 15.1. The molecule has 3 rings (SSSR count). The fourth-order valence-corrected chi connectivity index (χ4v) is 2.24. The van der Waals surface area contributed by atoms with Crippen LogP contribution >= 0.6 is 11.6 Å². The van der Waals surface area contributed by atoms with Gasteiger partial charge in [-0.1, -0.05) is 11.6 Å². The second-order valence-electron chi connectivity index (χ2n) is 4.55. The summed E-state index contributed by atoms with van der Waals surface area (Å²) in [5, 5.41) is 4.42. The van der Waals surface area contributed by atoms with Crippen molar-refractivity contribution in [1.82, 2.24) is 10.3 Å². The predicted octanol–water partition coefficient (Wildman–Crippen LogP) is 1.51. The number of halogens is 2. The van der Waals surface area contributed by atoms with Gasteiger partial charge in [0.05, 0.1) is 11.8 Å². The third-order valence-electron chi connectivity index (χ3n) is 3.14. The van der Waals surface area contributed by atoms with E-state index in [1.807, 2.05) is 0 Å². The maximum absolute atomic E-state index is 13.8. The van der Waals surface area contributed by atoms with Gasteiger partial charge in [0.15, 0.2) is 0 Å². The lowest BCUT2D eigenvalue weighted by atomic mass is 10.2. The molecule has 2 amide bonds. The quantitative estimate of drug-likeness (QED) is 0.800. The molecule has 0 aromatic heterocycles. The van der Waals surface area contributed by atoms with Gasteiger partial charge in [-0.3, -0.25) is 15.0 Å². The van der Waals surface area contributed by atoms with Crippen molar-refractivity contribution in [3.8, 4) is 0 Å². The van der Waals surface area contributed by atoms with E-state index in [-0.39, 0.29) is 12.5 Å². The fraction of sp³-hybridized carbons (Fsp3) is 0.154. The molecule has 8 heteroatoms. The third-order valence-corrected chi connectivity index (χ3v) is 3.56. The molecule has 0 unspecified atom stereocenters. The number of guanidine groups is 1. The summed E-state index contributed by atoms with van der Waals surface area (Å²) < 4.78 is 13.8. The lowest BCUT2D eigenvalue weighted by molar-refractivity contribution is -0.126. The van der Waals surface area contributed by atoms with E-state index in [0.29, 0.717) is 10.7 Å². The van der Waals surface area contributed by atoms with Crippen molar-refractivity contribution >= 4 is 35.1 Å². The van der Waals surface area contributed by atoms with Crippen molar-refractivity contribution in [2.75, 3.05) is 11.4 Å². The Kier molecular flexibility index (Phi) is 3.13. The van der Waals surface area contributed by atoms with Crippen LogP contribution in [0.15, 0.2) is 35.3 Å². The Bertz CT molecular complexity index is 716. The highest BCUT2D eigenvalue weighted by Crippen LogP contribution is 2.28. The third kappa shape index (κ3) is 2.15. The Morgan fingerprint density at radius 3 is 2.81 bits per heavy atom. The van der Waals surface area contributed by atoms with Crippen LogP contribution in [-0.2, 0) is 9.59 Å². The molecule has 0 bridgehead atoms. The van der Waals surface area contributed by atoms with Gasteiger partial charge in [0.1, 0.15) is 6.54 Å². The van der Waals surface area contributed by atoms with E-state index in [4.69, 9.17) is 11.6 Å². The van der Waals surface area contributed by atoms with Crippen LogP contribution in [0.4, 0.5) is 10.1 Å². The molecule has 0 fully saturated rings. The predicted molar refractivity (Wildman–Crippen MR) is 75.1 cm³/mol. The van der Waals surface area contributed by atoms with Crippen LogP contribution in [0.3, 0.4) is 0 Å². The Labute approximate surface area is 124 Å². The van der Waals surface area contributed by atoms with Crippen molar-refractivity contribution in [2.45, 2.75) is 6.92 Å². The maximum atomic E-state index is 13.8. The molecule has 2 heterocycles. The van der Waals surface area contributed by atoms with Gasteiger partial charge in [-0.2, -0.15) is 4.39 Å². The largest absolute Gasteiger partial charge is 0.297 e. The smallest absolute Gasteiger partial charge is 0.262 e. The highest BCUT2D eigenvalue weighted by molar-refractivity contribution is 6.31. The number of nitrogens with zero attached hydrogens (tertiary/aromatic N) is 3. The average Bonchev–Trinajstić information content (AvgIpc) is 2.42. The summed E-state index contributed by atoms with van der Waals surface area (Å²) in [4.78, 5) is 25.8. The zero-order valence-corrected chi connectivity index (χ0v) is 11.7. The summed E-state index contributed by atoms with van der Waals surface area (Å²) in [5.41, 5.74) is 3.68. The molecule has 0 radical (unpaired) electrons. The number of benzene rings is 1. The standard InChI is InChI=1S/C13H10ClFN4O2/c1-7-4-8(2-3-9(7)14)18-11(20)5-10(15)19-12(21)6-16-17-13(18)19/h2-5,16H,6H2,1H3. The average molecular weight is 309 g/mol.